The van der Waals surface area contributed by atoms with Crippen LogP contribution in [0.3, 0.4) is 0 Å². The first-order valence-corrected chi connectivity index (χ1v) is 8.52. The van der Waals surface area contributed by atoms with Crippen molar-refractivity contribution in [2.24, 2.45) is 0 Å². The first-order valence-electron chi connectivity index (χ1n) is 8.14. The van der Waals surface area contributed by atoms with Crippen LogP contribution in [0.1, 0.15) is 5.56 Å². The van der Waals surface area contributed by atoms with Crippen LogP contribution in [0, 0.1) is 10.1 Å². The third-order valence-corrected chi connectivity index (χ3v) is 3.82. The van der Waals surface area contributed by atoms with Crippen molar-refractivity contribution in [2.75, 3.05) is 25.5 Å². The number of ether oxygens (including phenoxy) is 1. The number of benzene rings is 2. The fraction of sp³-hybridized carbons (Fsp3) is 0.211. The molecule has 0 fully saturated rings. The van der Waals surface area contributed by atoms with E-state index in [-0.39, 0.29) is 23.8 Å². The number of anilines is 1. The molecule has 0 atom stereocenters. The average molecular weight is 390 g/mol. The molecule has 1 N–H and O–H groups in total. The molecule has 0 radical (unpaired) electrons. The van der Waals surface area contributed by atoms with E-state index in [1.54, 1.807) is 18.0 Å². The van der Waals surface area contributed by atoms with Gasteiger partial charge in [-0.2, -0.15) is 0 Å². The number of rotatable bonds is 9. The Morgan fingerprint density at radius 1 is 1.33 bits per heavy atom. The molecule has 27 heavy (non-hydrogen) atoms. The van der Waals surface area contributed by atoms with Crippen molar-refractivity contribution in [3.05, 3.63) is 75.8 Å². The topological polar surface area (TPSA) is 84.7 Å². The maximum absolute atomic E-state index is 12.2. The van der Waals surface area contributed by atoms with E-state index >= 15 is 0 Å². The van der Waals surface area contributed by atoms with E-state index in [9.17, 15) is 14.9 Å². The van der Waals surface area contributed by atoms with Gasteiger partial charge in [0.05, 0.1) is 11.5 Å². The quantitative estimate of drug-likeness (QED) is 0.399. The minimum absolute atomic E-state index is 0.0678. The lowest BCUT2D eigenvalue weighted by Crippen LogP contribution is -2.30. The predicted molar refractivity (Wildman–Crippen MR) is 105 cm³/mol. The predicted octanol–water partition coefficient (Wildman–Crippen LogP) is 3.88. The van der Waals surface area contributed by atoms with Crippen molar-refractivity contribution in [3.8, 4) is 5.75 Å². The smallest absolute Gasteiger partial charge is 0.292 e. The third-order valence-electron chi connectivity index (χ3n) is 3.59. The maximum atomic E-state index is 12.2. The Bertz CT molecular complexity index is 824. The number of carbonyl (C=O) groups excluding carboxylic acids is 1. The number of likely N-dealkylation sites (N-methyl/N-ethyl adjacent to an activating group) is 1. The van der Waals surface area contributed by atoms with Crippen LogP contribution in [0.15, 0.2) is 55.1 Å². The zero-order valence-corrected chi connectivity index (χ0v) is 15.6. The molecule has 2 rings (SSSR count). The molecule has 2 aromatic rings. The van der Waals surface area contributed by atoms with Crippen LogP contribution in [0.25, 0.3) is 0 Å². The van der Waals surface area contributed by atoms with Gasteiger partial charge in [0.25, 0.3) is 5.69 Å². The van der Waals surface area contributed by atoms with Crippen molar-refractivity contribution in [3.63, 3.8) is 0 Å². The molecule has 2 aromatic carbocycles. The zero-order valence-electron chi connectivity index (χ0n) is 14.9. The second-order valence-corrected chi connectivity index (χ2v) is 6.32. The fourth-order valence-corrected chi connectivity index (χ4v) is 2.59. The van der Waals surface area contributed by atoms with Gasteiger partial charge in [-0.25, -0.2) is 0 Å². The monoisotopic (exact) mass is 389 g/mol. The van der Waals surface area contributed by atoms with E-state index in [1.165, 1.54) is 18.2 Å². The molecule has 0 saturated carbocycles. The lowest BCUT2D eigenvalue weighted by Gasteiger charge is -2.16. The van der Waals surface area contributed by atoms with Gasteiger partial charge in [0.2, 0.25) is 5.91 Å². The van der Waals surface area contributed by atoms with Crippen molar-refractivity contribution in [2.45, 2.75) is 6.54 Å². The highest BCUT2D eigenvalue weighted by atomic mass is 35.5. The lowest BCUT2D eigenvalue weighted by atomic mass is 10.2. The lowest BCUT2D eigenvalue weighted by molar-refractivity contribution is -0.383. The van der Waals surface area contributed by atoms with Crippen molar-refractivity contribution >= 4 is 28.9 Å². The van der Waals surface area contributed by atoms with Gasteiger partial charge in [0.1, 0.15) is 18.0 Å². The van der Waals surface area contributed by atoms with Crippen LogP contribution in [0.5, 0.6) is 5.75 Å². The molecule has 0 aliphatic rings. The summed E-state index contributed by atoms with van der Waals surface area (Å²) in [6.45, 7) is 4.64. The summed E-state index contributed by atoms with van der Waals surface area (Å²) in [6, 6.07) is 11.6. The number of nitrogens with one attached hydrogen (secondary N) is 1. The number of nitro groups is 1. The highest BCUT2D eigenvalue weighted by Crippen LogP contribution is 2.27. The first kappa shape index (κ1) is 20.4. The normalized spacial score (nSPS) is 10.5. The summed E-state index contributed by atoms with van der Waals surface area (Å²) in [4.78, 5) is 24.5. The van der Waals surface area contributed by atoms with Crippen LogP contribution < -0.4 is 10.1 Å². The van der Waals surface area contributed by atoms with Crippen LogP contribution >= 0.6 is 11.6 Å². The SMILES string of the molecule is C=CCOc1ccc(CN(C)CC(=O)Nc2cc(Cl)ccc2[N+](=O)[O-])cc1. The van der Waals surface area contributed by atoms with Crippen molar-refractivity contribution in [1.82, 2.24) is 4.90 Å². The van der Waals surface area contributed by atoms with E-state index in [2.05, 4.69) is 11.9 Å². The molecule has 0 spiro atoms. The second kappa shape index (κ2) is 9.70. The Balaban J connectivity index is 1.93. The van der Waals surface area contributed by atoms with Gasteiger partial charge >= 0.3 is 0 Å². The van der Waals surface area contributed by atoms with Crippen LogP contribution in [-0.2, 0) is 11.3 Å². The van der Waals surface area contributed by atoms with E-state index in [1.807, 2.05) is 24.3 Å². The van der Waals surface area contributed by atoms with E-state index in [4.69, 9.17) is 16.3 Å². The number of hydrogen-bond acceptors (Lipinski definition) is 5. The molecule has 0 aliphatic heterocycles. The summed E-state index contributed by atoms with van der Waals surface area (Å²) in [5.41, 5.74) is 0.880. The molecular formula is C19H20ClN3O4. The summed E-state index contributed by atoms with van der Waals surface area (Å²) in [5, 5.41) is 13.9. The number of nitro benzene ring substituents is 1. The molecule has 0 unspecified atom stereocenters. The van der Waals surface area contributed by atoms with E-state index in [0.29, 0.717) is 18.2 Å². The fourth-order valence-electron chi connectivity index (χ4n) is 2.42. The Morgan fingerprint density at radius 3 is 2.67 bits per heavy atom. The molecule has 0 saturated heterocycles. The standard InChI is InChI=1S/C19H20ClN3O4/c1-3-10-27-16-7-4-14(5-8-16)12-22(2)13-19(24)21-17-11-15(20)6-9-18(17)23(25)26/h3-9,11H,1,10,12-13H2,2H3,(H,21,24). The van der Waals surface area contributed by atoms with E-state index < -0.39 is 4.92 Å². The maximum Gasteiger partial charge on any atom is 0.292 e. The summed E-state index contributed by atoms with van der Waals surface area (Å²) in [5.74, 6) is 0.376. The Labute approximate surface area is 162 Å². The summed E-state index contributed by atoms with van der Waals surface area (Å²) in [6.07, 6.45) is 1.67. The molecular weight excluding hydrogens is 370 g/mol. The zero-order chi connectivity index (χ0) is 19.8. The van der Waals surface area contributed by atoms with Crippen LogP contribution in [-0.4, -0.2) is 35.9 Å². The van der Waals surface area contributed by atoms with Gasteiger partial charge in [0.15, 0.2) is 0 Å². The highest BCUT2D eigenvalue weighted by Gasteiger charge is 2.17. The molecule has 0 bridgehead atoms. The Hall–Kier alpha value is -2.90. The molecule has 7 nitrogen and oxygen atoms in total. The van der Waals surface area contributed by atoms with Crippen molar-refractivity contribution in [1.29, 1.82) is 0 Å². The summed E-state index contributed by atoms with van der Waals surface area (Å²) >= 11 is 5.86. The van der Waals surface area contributed by atoms with Gasteiger partial charge in [0, 0.05) is 17.6 Å². The minimum Gasteiger partial charge on any atom is -0.490 e. The number of carbonyl (C=O) groups is 1. The molecule has 1 amide bonds. The van der Waals surface area contributed by atoms with Gasteiger partial charge in [-0.1, -0.05) is 36.4 Å². The van der Waals surface area contributed by atoms with Gasteiger partial charge in [-0.15, -0.1) is 0 Å². The van der Waals surface area contributed by atoms with Gasteiger partial charge in [-0.05, 0) is 36.9 Å². The molecule has 0 aromatic heterocycles. The summed E-state index contributed by atoms with van der Waals surface area (Å²) < 4.78 is 5.42. The number of nitrogens with zero attached hydrogens (tertiary/aromatic N) is 2. The van der Waals surface area contributed by atoms with Crippen LogP contribution in [0.4, 0.5) is 11.4 Å². The van der Waals surface area contributed by atoms with Gasteiger partial charge < -0.3 is 10.1 Å². The molecule has 142 valence electrons. The van der Waals surface area contributed by atoms with Crippen molar-refractivity contribution < 1.29 is 14.5 Å². The molecule has 0 aliphatic carbocycles. The second-order valence-electron chi connectivity index (χ2n) is 5.88. The van der Waals surface area contributed by atoms with Gasteiger partial charge in [-0.3, -0.25) is 19.8 Å². The number of halogens is 1. The van der Waals surface area contributed by atoms with E-state index in [0.717, 1.165) is 11.3 Å². The third kappa shape index (κ3) is 6.40. The Kier molecular flexibility index (Phi) is 7.34. The number of amides is 1. The first-order chi connectivity index (χ1) is 12.9. The van der Waals surface area contributed by atoms with Crippen LogP contribution in [0.2, 0.25) is 5.02 Å². The number of hydrogen-bond donors (Lipinski definition) is 1. The largest absolute Gasteiger partial charge is 0.490 e. The molecule has 8 heteroatoms. The minimum atomic E-state index is -0.564. The highest BCUT2D eigenvalue weighted by molar-refractivity contribution is 6.31. The summed E-state index contributed by atoms with van der Waals surface area (Å²) in [7, 11) is 1.79. The molecule has 0 heterocycles. The average Bonchev–Trinajstić information content (AvgIpc) is 2.60. The Morgan fingerprint density at radius 2 is 2.04 bits per heavy atom.